The number of nitrogens with one attached hydrogen (secondary N) is 1. The van der Waals surface area contributed by atoms with Crippen molar-refractivity contribution in [1.29, 1.82) is 0 Å². The van der Waals surface area contributed by atoms with Crippen molar-refractivity contribution in [3.05, 3.63) is 14.7 Å². The normalized spacial score (nSPS) is 20.0. The van der Waals surface area contributed by atoms with Crippen molar-refractivity contribution in [3.8, 4) is 0 Å². The van der Waals surface area contributed by atoms with Crippen LogP contribution in [0.3, 0.4) is 0 Å². The number of rotatable bonds is 7. The van der Waals surface area contributed by atoms with Crippen LogP contribution in [0.1, 0.15) is 37.0 Å². The minimum Gasteiger partial charge on any atom is -0.309 e. The number of halogens is 1. The van der Waals surface area contributed by atoms with Crippen LogP contribution < -0.4 is 5.32 Å². The van der Waals surface area contributed by atoms with Gasteiger partial charge in [-0.2, -0.15) is 0 Å². The van der Waals surface area contributed by atoms with Crippen LogP contribution in [-0.4, -0.2) is 32.4 Å². The minimum atomic E-state index is -3.37. The molecular weight excluding hydrogens is 372 g/mol. The summed E-state index contributed by atoms with van der Waals surface area (Å²) in [5.74, 6) is 0.540. The van der Waals surface area contributed by atoms with Crippen molar-refractivity contribution in [2.75, 3.05) is 13.6 Å². The van der Waals surface area contributed by atoms with Gasteiger partial charge in [-0.05, 0) is 53.6 Å². The molecule has 21 heavy (non-hydrogen) atoms. The van der Waals surface area contributed by atoms with Gasteiger partial charge < -0.3 is 5.32 Å². The van der Waals surface area contributed by atoms with Crippen molar-refractivity contribution in [3.63, 3.8) is 0 Å². The van der Waals surface area contributed by atoms with Crippen LogP contribution in [0.25, 0.3) is 0 Å². The lowest BCUT2D eigenvalue weighted by Gasteiger charge is -2.29. The average molecular weight is 393 g/mol. The first kappa shape index (κ1) is 15.9. The molecule has 0 aromatic carbocycles. The van der Waals surface area contributed by atoms with E-state index in [4.69, 9.17) is 0 Å². The predicted octanol–water partition coefficient (Wildman–Crippen LogP) is 3.18. The molecule has 7 heteroatoms. The molecule has 0 atom stereocenters. The van der Waals surface area contributed by atoms with Gasteiger partial charge >= 0.3 is 0 Å². The van der Waals surface area contributed by atoms with Crippen LogP contribution >= 0.6 is 27.3 Å². The molecule has 1 N–H and O–H groups in total. The lowest BCUT2D eigenvalue weighted by atomic mass is 9.86. The fourth-order valence-corrected chi connectivity index (χ4v) is 6.32. The Morgan fingerprint density at radius 3 is 2.67 bits per heavy atom. The molecule has 3 rings (SSSR count). The molecule has 0 spiro atoms. The molecule has 1 aromatic heterocycles. The zero-order chi connectivity index (χ0) is 15.0. The van der Waals surface area contributed by atoms with E-state index in [2.05, 4.69) is 21.2 Å². The molecule has 2 fully saturated rings. The Morgan fingerprint density at radius 2 is 2.10 bits per heavy atom. The van der Waals surface area contributed by atoms with Gasteiger partial charge in [0.05, 0.1) is 3.79 Å². The summed E-state index contributed by atoms with van der Waals surface area (Å²) in [5, 5.41) is 3.43. The monoisotopic (exact) mass is 392 g/mol. The zero-order valence-electron chi connectivity index (χ0n) is 12.1. The van der Waals surface area contributed by atoms with Gasteiger partial charge in [0.2, 0.25) is 10.0 Å². The fourth-order valence-electron chi connectivity index (χ4n) is 2.50. The quantitative estimate of drug-likeness (QED) is 0.774. The number of sulfonamides is 1. The molecule has 0 aliphatic heterocycles. The van der Waals surface area contributed by atoms with E-state index in [0.29, 0.717) is 23.4 Å². The Morgan fingerprint density at radius 1 is 1.38 bits per heavy atom. The summed E-state index contributed by atoms with van der Waals surface area (Å²) in [4.78, 5) is 1.49. The first-order chi connectivity index (χ1) is 9.96. The summed E-state index contributed by atoms with van der Waals surface area (Å²) in [6, 6.07) is 2.45. The molecule has 0 amide bonds. The first-order valence-electron chi connectivity index (χ1n) is 7.45. The molecule has 1 heterocycles. The first-order valence-corrected chi connectivity index (χ1v) is 10.5. The molecule has 2 aliphatic carbocycles. The Bertz CT molecular complexity index is 606. The highest BCUT2D eigenvalue weighted by atomic mass is 79.9. The second kappa shape index (κ2) is 6.28. The van der Waals surface area contributed by atoms with E-state index in [1.165, 1.54) is 34.9 Å². The van der Waals surface area contributed by atoms with Gasteiger partial charge in [0.1, 0.15) is 4.90 Å². The predicted molar refractivity (Wildman–Crippen MR) is 89.0 cm³/mol. The summed E-state index contributed by atoms with van der Waals surface area (Å²) in [6.07, 6.45) is 6.02. The average Bonchev–Trinajstić information content (AvgIpc) is 3.13. The number of hydrogen-bond donors (Lipinski definition) is 1. The minimum absolute atomic E-state index is 0.418. The highest BCUT2D eigenvalue weighted by Crippen LogP contribution is 2.35. The Labute approximate surface area is 139 Å². The van der Waals surface area contributed by atoms with E-state index in [9.17, 15) is 8.42 Å². The maximum absolute atomic E-state index is 12.7. The molecule has 4 nitrogen and oxygen atoms in total. The molecule has 0 bridgehead atoms. The van der Waals surface area contributed by atoms with Crippen LogP contribution in [0.4, 0.5) is 0 Å². The summed E-state index contributed by atoms with van der Waals surface area (Å²) < 4.78 is 27.6. The van der Waals surface area contributed by atoms with Gasteiger partial charge in [0.15, 0.2) is 0 Å². The maximum atomic E-state index is 12.7. The maximum Gasteiger partial charge on any atom is 0.244 e. The lowest BCUT2D eigenvalue weighted by molar-refractivity contribution is 0.263. The van der Waals surface area contributed by atoms with E-state index in [1.807, 2.05) is 6.07 Å². The smallest absolute Gasteiger partial charge is 0.244 e. The van der Waals surface area contributed by atoms with E-state index in [0.717, 1.165) is 28.0 Å². The molecule has 118 valence electrons. The van der Waals surface area contributed by atoms with Crippen molar-refractivity contribution in [2.24, 2.45) is 5.92 Å². The summed E-state index contributed by atoms with van der Waals surface area (Å²) in [7, 11) is -1.68. The SMILES string of the molecule is CN(CC1CCC1)S(=O)(=O)c1cc(CNC2CC2)sc1Br. The highest BCUT2D eigenvalue weighted by Gasteiger charge is 2.29. The van der Waals surface area contributed by atoms with Crippen LogP contribution in [-0.2, 0) is 16.6 Å². The largest absolute Gasteiger partial charge is 0.309 e. The second-order valence-electron chi connectivity index (χ2n) is 6.09. The number of thiophene rings is 1. The van der Waals surface area contributed by atoms with E-state index >= 15 is 0 Å². The fraction of sp³-hybridized carbons (Fsp3) is 0.714. The van der Waals surface area contributed by atoms with Gasteiger partial charge in [-0.15, -0.1) is 11.3 Å². The molecule has 0 radical (unpaired) electrons. The van der Waals surface area contributed by atoms with Crippen LogP contribution in [0.2, 0.25) is 0 Å². The third-order valence-electron chi connectivity index (χ3n) is 4.28. The van der Waals surface area contributed by atoms with Crippen molar-refractivity contribution in [1.82, 2.24) is 9.62 Å². The summed E-state index contributed by atoms with van der Waals surface area (Å²) in [5.41, 5.74) is 0. The molecule has 0 saturated heterocycles. The van der Waals surface area contributed by atoms with Gasteiger partial charge in [0, 0.05) is 31.1 Å². The Kier molecular flexibility index (Phi) is 4.76. The summed E-state index contributed by atoms with van der Waals surface area (Å²) >= 11 is 4.94. The molecule has 1 aromatic rings. The second-order valence-corrected chi connectivity index (χ2v) is 10.6. The van der Waals surface area contributed by atoms with E-state index in [-0.39, 0.29) is 0 Å². The van der Waals surface area contributed by atoms with Gasteiger partial charge in [-0.25, -0.2) is 12.7 Å². The standard InChI is InChI=1S/C14H21BrN2O2S2/c1-17(9-10-3-2-4-10)21(18,19)13-7-12(20-14(13)15)8-16-11-5-6-11/h7,10-11,16H,2-6,8-9H2,1H3. The van der Waals surface area contributed by atoms with Crippen LogP contribution in [0.15, 0.2) is 14.7 Å². The van der Waals surface area contributed by atoms with Gasteiger partial charge in [0.25, 0.3) is 0 Å². The van der Waals surface area contributed by atoms with Gasteiger partial charge in [-0.3, -0.25) is 0 Å². The van der Waals surface area contributed by atoms with E-state index < -0.39 is 10.0 Å². The third kappa shape index (κ3) is 3.69. The number of nitrogens with zero attached hydrogens (tertiary/aromatic N) is 1. The van der Waals surface area contributed by atoms with Crippen LogP contribution in [0.5, 0.6) is 0 Å². The van der Waals surface area contributed by atoms with Crippen LogP contribution in [0, 0.1) is 5.92 Å². The molecular formula is C14H21BrN2O2S2. The molecule has 2 saturated carbocycles. The zero-order valence-corrected chi connectivity index (χ0v) is 15.4. The molecule has 2 aliphatic rings. The number of hydrogen-bond acceptors (Lipinski definition) is 4. The summed E-state index contributed by atoms with van der Waals surface area (Å²) in [6.45, 7) is 1.40. The van der Waals surface area contributed by atoms with Crippen molar-refractivity contribution >= 4 is 37.3 Å². The van der Waals surface area contributed by atoms with Crippen molar-refractivity contribution in [2.45, 2.75) is 49.6 Å². The Balaban J connectivity index is 1.70. The third-order valence-corrected chi connectivity index (χ3v) is 8.35. The van der Waals surface area contributed by atoms with Gasteiger partial charge in [-0.1, -0.05) is 6.42 Å². The van der Waals surface area contributed by atoms with Crippen molar-refractivity contribution < 1.29 is 8.42 Å². The Hall–Kier alpha value is 0.0500. The molecule has 0 unspecified atom stereocenters. The highest BCUT2D eigenvalue weighted by molar-refractivity contribution is 9.11. The van der Waals surface area contributed by atoms with E-state index in [1.54, 1.807) is 7.05 Å². The lowest BCUT2D eigenvalue weighted by Crippen LogP contribution is -2.34. The topological polar surface area (TPSA) is 49.4 Å².